The van der Waals surface area contributed by atoms with Crippen molar-refractivity contribution < 1.29 is 14.4 Å². The molecule has 20 heavy (non-hydrogen) atoms. The normalized spacial score (nSPS) is 19.1. The fourth-order valence-corrected chi connectivity index (χ4v) is 3.96. The zero-order valence-corrected chi connectivity index (χ0v) is 13.8. The van der Waals surface area contributed by atoms with Crippen molar-refractivity contribution in [1.82, 2.24) is 10.2 Å². The molecule has 5 nitrogen and oxygen atoms in total. The number of aryl methyl sites for hydroxylation is 1. The third-order valence-corrected chi connectivity index (χ3v) is 4.81. The summed E-state index contributed by atoms with van der Waals surface area (Å²) >= 11 is 4.78. The Bertz CT molecular complexity index is 582. The van der Waals surface area contributed by atoms with Crippen molar-refractivity contribution in [3.05, 3.63) is 20.3 Å². The fourth-order valence-electron chi connectivity index (χ4n) is 2.18. The molecule has 2 heterocycles. The van der Waals surface area contributed by atoms with E-state index in [1.165, 1.54) is 16.2 Å². The molecule has 108 valence electrons. The van der Waals surface area contributed by atoms with E-state index >= 15 is 0 Å². The Morgan fingerprint density at radius 2 is 2.15 bits per heavy atom. The summed E-state index contributed by atoms with van der Waals surface area (Å²) in [6.45, 7) is 5.45. The number of hydrogen-bond acceptors (Lipinski definition) is 4. The molecule has 0 aromatic carbocycles. The number of hydrogen-bond donors (Lipinski definition) is 1. The average molecular weight is 359 g/mol. The molecule has 1 N–H and O–H groups in total. The number of amides is 3. The van der Waals surface area contributed by atoms with Crippen LogP contribution in [0.4, 0.5) is 0 Å². The SMILES string of the molecule is Cc1cc(C(=O)NC2CC(=O)N(C(C)C)C2=O)c(Br)s1. The molecule has 2 rings (SSSR count). The summed E-state index contributed by atoms with van der Waals surface area (Å²) in [6.07, 6.45) is 0.0312. The molecule has 3 amide bonds. The van der Waals surface area contributed by atoms with Gasteiger partial charge in [0.1, 0.15) is 6.04 Å². The zero-order chi connectivity index (χ0) is 15.0. The Morgan fingerprint density at radius 3 is 2.60 bits per heavy atom. The van der Waals surface area contributed by atoms with Crippen LogP contribution in [0.25, 0.3) is 0 Å². The van der Waals surface area contributed by atoms with Crippen LogP contribution in [0.5, 0.6) is 0 Å². The van der Waals surface area contributed by atoms with Crippen molar-refractivity contribution >= 4 is 45.0 Å². The van der Waals surface area contributed by atoms with E-state index in [2.05, 4.69) is 21.2 Å². The summed E-state index contributed by atoms with van der Waals surface area (Å²) in [7, 11) is 0. The number of carbonyl (C=O) groups is 3. The molecule has 7 heteroatoms. The molecule has 1 aromatic rings. The van der Waals surface area contributed by atoms with Crippen LogP contribution in [0, 0.1) is 6.92 Å². The molecule has 1 unspecified atom stereocenters. The Hall–Kier alpha value is -1.21. The highest BCUT2D eigenvalue weighted by molar-refractivity contribution is 9.11. The van der Waals surface area contributed by atoms with Crippen molar-refractivity contribution in [1.29, 1.82) is 0 Å². The Labute approximate surface area is 129 Å². The second-order valence-corrected chi connectivity index (χ2v) is 7.54. The number of imide groups is 1. The number of rotatable bonds is 3. The van der Waals surface area contributed by atoms with Crippen LogP contribution in [0.2, 0.25) is 0 Å². The predicted molar refractivity (Wildman–Crippen MR) is 79.6 cm³/mol. The summed E-state index contributed by atoms with van der Waals surface area (Å²) < 4.78 is 0.727. The van der Waals surface area contributed by atoms with Gasteiger partial charge in [-0.05, 0) is 42.8 Å². The Balaban J connectivity index is 2.12. The molecule has 1 atom stereocenters. The molecular weight excluding hydrogens is 344 g/mol. The van der Waals surface area contributed by atoms with Gasteiger partial charge in [-0.15, -0.1) is 11.3 Å². The summed E-state index contributed by atoms with van der Waals surface area (Å²) in [5.41, 5.74) is 0.496. The summed E-state index contributed by atoms with van der Waals surface area (Å²) in [5, 5.41) is 2.64. The number of carbonyl (C=O) groups excluding carboxylic acids is 3. The molecule has 1 fully saturated rings. The number of thiophene rings is 1. The second kappa shape index (κ2) is 5.65. The van der Waals surface area contributed by atoms with Crippen LogP contribution in [0.1, 0.15) is 35.5 Å². The first kappa shape index (κ1) is 15.2. The maximum Gasteiger partial charge on any atom is 0.253 e. The molecule has 1 aromatic heterocycles. The minimum atomic E-state index is -0.760. The summed E-state index contributed by atoms with van der Waals surface area (Å²) in [6, 6.07) is 0.808. The van der Waals surface area contributed by atoms with Crippen LogP contribution >= 0.6 is 27.3 Å². The molecular formula is C13H15BrN2O3S. The second-order valence-electron chi connectivity index (χ2n) is 4.97. The van der Waals surface area contributed by atoms with Gasteiger partial charge in [0.25, 0.3) is 11.8 Å². The molecule has 0 radical (unpaired) electrons. The van der Waals surface area contributed by atoms with E-state index in [0.717, 1.165) is 8.66 Å². The van der Waals surface area contributed by atoms with Gasteiger partial charge < -0.3 is 5.32 Å². The van der Waals surface area contributed by atoms with Crippen LogP contribution < -0.4 is 5.32 Å². The van der Waals surface area contributed by atoms with Gasteiger partial charge in [-0.1, -0.05) is 0 Å². The van der Waals surface area contributed by atoms with Crippen LogP contribution in [-0.4, -0.2) is 34.7 Å². The van der Waals surface area contributed by atoms with Crippen LogP contribution in [0.3, 0.4) is 0 Å². The third kappa shape index (κ3) is 2.78. The van der Waals surface area contributed by atoms with Crippen molar-refractivity contribution in [2.24, 2.45) is 0 Å². The number of nitrogens with one attached hydrogen (secondary N) is 1. The first-order valence-corrected chi connectivity index (χ1v) is 7.85. The fraction of sp³-hybridized carbons (Fsp3) is 0.462. The number of likely N-dealkylation sites (tertiary alicyclic amines) is 1. The van der Waals surface area contributed by atoms with E-state index in [-0.39, 0.29) is 30.2 Å². The molecule has 1 aliphatic heterocycles. The van der Waals surface area contributed by atoms with E-state index in [4.69, 9.17) is 0 Å². The lowest BCUT2D eigenvalue weighted by atomic mass is 10.2. The lowest BCUT2D eigenvalue weighted by Crippen LogP contribution is -2.43. The molecule has 0 bridgehead atoms. The minimum Gasteiger partial charge on any atom is -0.340 e. The first-order valence-electron chi connectivity index (χ1n) is 6.24. The lowest BCUT2D eigenvalue weighted by molar-refractivity contribution is -0.140. The lowest BCUT2D eigenvalue weighted by Gasteiger charge is -2.19. The van der Waals surface area contributed by atoms with Gasteiger partial charge in [0.05, 0.1) is 15.8 Å². The standard InChI is InChI=1S/C13H15BrN2O3S/c1-6(2)16-10(17)5-9(13(16)19)15-12(18)8-4-7(3)20-11(8)14/h4,6,9H,5H2,1-3H3,(H,15,18). The van der Waals surface area contributed by atoms with Gasteiger partial charge in [0.15, 0.2) is 0 Å². The predicted octanol–water partition coefficient (Wildman–Crippen LogP) is 2.08. The van der Waals surface area contributed by atoms with Gasteiger partial charge >= 0.3 is 0 Å². The molecule has 0 saturated carbocycles. The average Bonchev–Trinajstić information content (AvgIpc) is 2.79. The highest BCUT2D eigenvalue weighted by Gasteiger charge is 2.40. The van der Waals surface area contributed by atoms with Gasteiger partial charge in [0.2, 0.25) is 5.91 Å². The van der Waals surface area contributed by atoms with E-state index in [9.17, 15) is 14.4 Å². The highest BCUT2D eigenvalue weighted by atomic mass is 79.9. The number of halogens is 1. The molecule has 1 saturated heterocycles. The van der Waals surface area contributed by atoms with Gasteiger partial charge in [0, 0.05) is 10.9 Å². The molecule has 0 spiro atoms. The van der Waals surface area contributed by atoms with Gasteiger partial charge in [-0.3, -0.25) is 19.3 Å². The maximum atomic E-state index is 12.1. The molecule has 0 aliphatic carbocycles. The van der Waals surface area contributed by atoms with Gasteiger partial charge in [-0.2, -0.15) is 0 Å². The largest absolute Gasteiger partial charge is 0.340 e. The Morgan fingerprint density at radius 1 is 1.50 bits per heavy atom. The first-order chi connectivity index (χ1) is 9.31. The Kier molecular flexibility index (Phi) is 4.29. The highest BCUT2D eigenvalue weighted by Crippen LogP contribution is 2.28. The zero-order valence-electron chi connectivity index (χ0n) is 11.4. The van der Waals surface area contributed by atoms with Crippen molar-refractivity contribution in [3.63, 3.8) is 0 Å². The van der Waals surface area contributed by atoms with Crippen molar-refractivity contribution in [2.45, 2.75) is 39.3 Å². The van der Waals surface area contributed by atoms with Crippen LogP contribution in [0.15, 0.2) is 9.85 Å². The summed E-state index contributed by atoms with van der Waals surface area (Å²) in [5.74, 6) is -0.907. The number of nitrogens with zero attached hydrogens (tertiary/aromatic N) is 1. The maximum absolute atomic E-state index is 12.1. The van der Waals surface area contributed by atoms with E-state index < -0.39 is 6.04 Å². The van der Waals surface area contributed by atoms with E-state index in [1.54, 1.807) is 19.9 Å². The van der Waals surface area contributed by atoms with Crippen LogP contribution in [-0.2, 0) is 9.59 Å². The molecule has 1 aliphatic rings. The van der Waals surface area contributed by atoms with E-state index in [1.807, 2.05) is 6.92 Å². The van der Waals surface area contributed by atoms with Gasteiger partial charge in [-0.25, -0.2) is 0 Å². The van der Waals surface area contributed by atoms with Crippen molar-refractivity contribution in [3.8, 4) is 0 Å². The third-order valence-electron chi connectivity index (χ3n) is 3.06. The van der Waals surface area contributed by atoms with Crippen molar-refractivity contribution in [2.75, 3.05) is 0 Å². The minimum absolute atomic E-state index is 0.0312. The smallest absolute Gasteiger partial charge is 0.253 e. The topological polar surface area (TPSA) is 66.5 Å². The quantitative estimate of drug-likeness (QED) is 0.841. The van der Waals surface area contributed by atoms with E-state index in [0.29, 0.717) is 5.56 Å². The monoisotopic (exact) mass is 358 g/mol. The summed E-state index contributed by atoms with van der Waals surface area (Å²) in [4.78, 5) is 38.2.